The van der Waals surface area contributed by atoms with E-state index >= 15 is 0 Å². The monoisotopic (exact) mass is 251 g/mol. The zero-order valence-corrected chi connectivity index (χ0v) is 10.5. The van der Waals surface area contributed by atoms with E-state index in [0.29, 0.717) is 10.6 Å². The van der Waals surface area contributed by atoms with Crippen molar-refractivity contribution in [2.45, 2.75) is 32.7 Å². The molecule has 1 aromatic carbocycles. The van der Waals surface area contributed by atoms with Crippen LogP contribution in [-0.2, 0) is 0 Å². The summed E-state index contributed by atoms with van der Waals surface area (Å²) in [7, 11) is 0. The number of nitrogens with two attached hydrogens (primary N) is 1. The van der Waals surface area contributed by atoms with Gasteiger partial charge in [-0.05, 0) is 25.0 Å². The van der Waals surface area contributed by atoms with Gasteiger partial charge in [-0.2, -0.15) is 0 Å². The van der Waals surface area contributed by atoms with Crippen LogP contribution in [0.15, 0.2) is 12.1 Å². The van der Waals surface area contributed by atoms with Crippen LogP contribution in [0.3, 0.4) is 0 Å². The van der Waals surface area contributed by atoms with E-state index in [9.17, 15) is 4.39 Å². The van der Waals surface area contributed by atoms with Gasteiger partial charge in [0.25, 0.3) is 0 Å². The third-order valence-electron chi connectivity index (χ3n) is 2.29. The van der Waals surface area contributed by atoms with Crippen LogP contribution in [0, 0.1) is 12.7 Å². The second kappa shape index (κ2) is 6.31. The van der Waals surface area contributed by atoms with Gasteiger partial charge in [0, 0.05) is 11.6 Å². The molecule has 1 nitrogen and oxygen atoms in total. The van der Waals surface area contributed by atoms with Crippen LogP contribution < -0.4 is 5.73 Å². The lowest BCUT2D eigenvalue weighted by atomic mass is 10.0. The maximum Gasteiger partial charge on any atom is 0.129 e. The highest BCUT2D eigenvalue weighted by Crippen LogP contribution is 2.29. The molecule has 1 aromatic rings. The first-order valence-electron chi connectivity index (χ1n) is 4.78. The van der Waals surface area contributed by atoms with Crippen molar-refractivity contribution in [3.63, 3.8) is 0 Å². The quantitative estimate of drug-likeness (QED) is 0.864. The molecule has 0 aliphatic rings. The lowest BCUT2D eigenvalue weighted by Gasteiger charge is -2.15. The number of benzene rings is 1. The Kier molecular flexibility index (Phi) is 6.18. The Morgan fingerprint density at radius 1 is 1.47 bits per heavy atom. The highest BCUT2D eigenvalue weighted by atomic mass is 35.5. The maximum atomic E-state index is 13.4. The minimum absolute atomic E-state index is 0. The van der Waals surface area contributed by atoms with Crippen LogP contribution in [0.4, 0.5) is 4.39 Å². The predicted octanol–water partition coefficient (Wildman–Crippen LogP) is 4.01. The number of halogens is 3. The Bertz CT molecular complexity index is 329. The summed E-state index contributed by atoms with van der Waals surface area (Å²) in [4.78, 5) is 0. The molecule has 0 saturated heterocycles. The van der Waals surface area contributed by atoms with Gasteiger partial charge in [-0.1, -0.05) is 31.0 Å². The number of aryl methyl sites for hydroxylation is 1. The highest BCUT2D eigenvalue weighted by Gasteiger charge is 2.15. The number of hydrogen-bond donors (Lipinski definition) is 1. The minimum Gasteiger partial charge on any atom is -0.324 e. The van der Waals surface area contributed by atoms with Crippen LogP contribution >= 0.6 is 24.0 Å². The summed E-state index contributed by atoms with van der Waals surface area (Å²) in [5.41, 5.74) is 7.17. The molecule has 0 amide bonds. The molecule has 0 aliphatic heterocycles. The summed E-state index contributed by atoms with van der Waals surface area (Å²) in [5, 5.41) is 0.464. The molecule has 15 heavy (non-hydrogen) atoms. The first-order valence-corrected chi connectivity index (χ1v) is 5.15. The molecule has 0 spiro atoms. The van der Waals surface area contributed by atoms with Gasteiger partial charge < -0.3 is 5.73 Å². The third kappa shape index (κ3) is 3.33. The van der Waals surface area contributed by atoms with Crippen molar-refractivity contribution in [3.05, 3.63) is 34.1 Å². The molecule has 0 saturated carbocycles. The molecular weight excluding hydrogens is 236 g/mol. The van der Waals surface area contributed by atoms with Crippen LogP contribution in [0.2, 0.25) is 5.02 Å². The summed E-state index contributed by atoms with van der Waals surface area (Å²) in [6.45, 7) is 3.87. The largest absolute Gasteiger partial charge is 0.324 e. The molecule has 1 rings (SSSR count). The Morgan fingerprint density at radius 2 is 2.07 bits per heavy atom. The molecule has 4 heteroatoms. The second-order valence-electron chi connectivity index (χ2n) is 3.49. The zero-order valence-electron chi connectivity index (χ0n) is 8.89. The van der Waals surface area contributed by atoms with E-state index < -0.39 is 0 Å². The Morgan fingerprint density at radius 3 is 2.60 bits per heavy atom. The SMILES string of the molecule is CCC[C@@H](N)c1c(F)ccc(C)c1Cl.Cl. The fourth-order valence-corrected chi connectivity index (χ4v) is 1.77. The summed E-state index contributed by atoms with van der Waals surface area (Å²) in [5.74, 6) is -0.304. The van der Waals surface area contributed by atoms with Gasteiger partial charge in [0.05, 0.1) is 5.02 Å². The van der Waals surface area contributed by atoms with Gasteiger partial charge in [0.2, 0.25) is 0 Å². The molecule has 0 fully saturated rings. The van der Waals surface area contributed by atoms with Crippen LogP contribution in [0.25, 0.3) is 0 Å². The predicted molar refractivity (Wildman–Crippen MR) is 65.2 cm³/mol. The maximum absolute atomic E-state index is 13.4. The molecular formula is C11H16Cl2FN. The summed E-state index contributed by atoms with van der Waals surface area (Å²) >= 11 is 6.01. The molecule has 0 aromatic heterocycles. The van der Waals surface area contributed by atoms with E-state index in [-0.39, 0.29) is 24.3 Å². The van der Waals surface area contributed by atoms with Crippen LogP contribution in [-0.4, -0.2) is 0 Å². The average Bonchev–Trinajstić information content (AvgIpc) is 2.13. The first-order chi connectivity index (χ1) is 6.57. The van der Waals surface area contributed by atoms with Crippen molar-refractivity contribution in [2.24, 2.45) is 5.73 Å². The number of rotatable bonds is 3. The van der Waals surface area contributed by atoms with Crippen molar-refractivity contribution in [1.29, 1.82) is 0 Å². The third-order valence-corrected chi connectivity index (χ3v) is 2.79. The molecule has 0 radical (unpaired) electrons. The van der Waals surface area contributed by atoms with E-state index in [2.05, 4.69) is 0 Å². The lowest BCUT2D eigenvalue weighted by Crippen LogP contribution is -2.12. The summed E-state index contributed by atoms with van der Waals surface area (Å²) in [6, 6.07) is 2.79. The molecule has 1 atom stereocenters. The van der Waals surface area contributed by atoms with Gasteiger partial charge in [-0.25, -0.2) is 4.39 Å². The van der Waals surface area contributed by atoms with Crippen molar-refractivity contribution < 1.29 is 4.39 Å². The van der Waals surface area contributed by atoms with Crippen molar-refractivity contribution >= 4 is 24.0 Å². The highest BCUT2D eigenvalue weighted by molar-refractivity contribution is 6.32. The smallest absolute Gasteiger partial charge is 0.129 e. The van der Waals surface area contributed by atoms with Gasteiger partial charge >= 0.3 is 0 Å². The Hall–Kier alpha value is -0.310. The molecule has 0 bridgehead atoms. The summed E-state index contributed by atoms with van der Waals surface area (Å²) in [6.07, 6.45) is 1.67. The summed E-state index contributed by atoms with van der Waals surface area (Å²) < 4.78 is 13.4. The van der Waals surface area contributed by atoms with E-state index in [4.69, 9.17) is 17.3 Å². The zero-order chi connectivity index (χ0) is 10.7. The van der Waals surface area contributed by atoms with E-state index in [0.717, 1.165) is 18.4 Å². The second-order valence-corrected chi connectivity index (χ2v) is 3.87. The standard InChI is InChI=1S/C11H15ClFN.ClH/c1-3-4-9(14)10-8(13)6-5-7(2)11(10)12;/h5-6,9H,3-4,14H2,1-2H3;1H/t9-;/m1./s1. The topological polar surface area (TPSA) is 26.0 Å². The Balaban J connectivity index is 0.00000196. The minimum atomic E-state index is -0.304. The van der Waals surface area contributed by atoms with E-state index in [1.165, 1.54) is 6.07 Å². The lowest BCUT2D eigenvalue weighted by molar-refractivity contribution is 0.559. The van der Waals surface area contributed by atoms with Gasteiger partial charge in [-0.3, -0.25) is 0 Å². The molecule has 86 valence electrons. The van der Waals surface area contributed by atoms with Crippen molar-refractivity contribution in [1.82, 2.24) is 0 Å². The van der Waals surface area contributed by atoms with Crippen LogP contribution in [0.1, 0.15) is 36.9 Å². The Labute approximate surface area is 101 Å². The van der Waals surface area contributed by atoms with Crippen molar-refractivity contribution in [3.8, 4) is 0 Å². The fourth-order valence-electron chi connectivity index (χ4n) is 1.47. The van der Waals surface area contributed by atoms with Gasteiger partial charge in [0.1, 0.15) is 5.82 Å². The van der Waals surface area contributed by atoms with E-state index in [1.807, 2.05) is 13.8 Å². The van der Waals surface area contributed by atoms with Crippen molar-refractivity contribution in [2.75, 3.05) is 0 Å². The molecule has 0 heterocycles. The molecule has 0 unspecified atom stereocenters. The van der Waals surface area contributed by atoms with E-state index in [1.54, 1.807) is 6.07 Å². The molecule has 0 aliphatic carbocycles. The first kappa shape index (κ1) is 14.7. The van der Waals surface area contributed by atoms with Crippen LogP contribution in [0.5, 0.6) is 0 Å². The fraction of sp³-hybridized carbons (Fsp3) is 0.455. The van der Waals surface area contributed by atoms with Gasteiger partial charge in [-0.15, -0.1) is 12.4 Å². The molecule has 2 N–H and O–H groups in total. The normalized spacial score (nSPS) is 12.1. The van der Waals surface area contributed by atoms with Gasteiger partial charge in [0.15, 0.2) is 0 Å². The average molecular weight is 252 g/mol. The number of hydrogen-bond acceptors (Lipinski definition) is 1.